The molecule has 20 heavy (non-hydrogen) atoms. The van der Waals surface area contributed by atoms with E-state index in [4.69, 9.17) is 15.2 Å². The molecule has 2 N–H and O–H groups in total. The molecule has 0 amide bonds. The van der Waals surface area contributed by atoms with Gasteiger partial charge >= 0.3 is 0 Å². The zero-order valence-electron chi connectivity index (χ0n) is 11.6. The van der Waals surface area contributed by atoms with Crippen LogP contribution in [0.15, 0.2) is 42.5 Å². The van der Waals surface area contributed by atoms with Crippen LogP contribution in [0, 0.1) is 5.82 Å². The van der Waals surface area contributed by atoms with Gasteiger partial charge in [-0.05, 0) is 30.7 Å². The Hall–Kier alpha value is -1.91. The highest BCUT2D eigenvalue weighted by atomic mass is 19.1. The van der Waals surface area contributed by atoms with Gasteiger partial charge in [0.1, 0.15) is 5.75 Å². The Morgan fingerprint density at radius 3 is 2.65 bits per heavy atom. The van der Waals surface area contributed by atoms with Crippen molar-refractivity contribution in [3.63, 3.8) is 0 Å². The second kappa shape index (κ2) is 6.50. The van der Waals surface area contributed by atoms with E-state index in [-0.39, 0.29) is 11.8 Å². The first kappa shape index (κ1) is 14.5. The van der Waals surface area contributed by atoms with Crippen molar-refractivity contribution in [3.05, 3.63) is 59.4 Å². The Kier molecular flexibility index (Phi) is 4.71. The van der Waals surface area contributed by atoms with E-state index in [1.165, 1.54) is 6.07 Å². The molecule has 2 aromatic rings. The molecule has 0 spiro atoms. The molecule has 1 unspecified atom stereocenters. The molecule has 4 heteroatoms. The zero-order chi connectivity index (χ0) is 14.5. The summed E-state index contributed by atoms with van der Waals surface area (Å²) in [5.41, 5.74) is 7.45. The molecule has 0 fully saturated rings. The van der Waals surface area contributed by atoms with Crippen LogP contribution in [0.5, 0.6) is 11.5 Å². The fourth-order valence-electron chi connectivity index (χ4n) is 1.98. The van der Waals surface area contributed by atoms with Crippen LogP contribution in [0.2, 0.25) is 0 Å². The molecular weight excluding hydrogens is 257 g/mol. The number of hydrogen-bond donors (Lipinski definition) is 1. The van der Waals surface area contributed by atoms with Crippen LogP contribution in [0.3, 0.4) is 0 Å². The summed E-state index contributed by atoms with van der Waals surface area (Å²) in [5.74, 6) is 0.320. The minimum atomic E-state index is -0.419. The molecule has 0 heterocycles. The van der Waals surface area contributed by atoms with E-state index in [0.717, 1.165) is 5.56 Å². The Labute approximate surface area is 118 Å². The third-order valence-electron chi connectivity index (χ3n) is 2.92. The third-order valence-corrected chi connectivity index (χ3v) is 2.92. The van der Waals surface area contributed by atoms with Crippen molar-refractivity contribution in [1.82, 2.24) is 0 Å². The average Bonchev–Trinajstić information content (AvgIpc) is 2.41. The first-order chi connectivity index (χ1) is 9.61. The van der Waals surface area contributed by atoms with Gasteiger partial charge in [0.2, 0.25) is 0 Å². The van der Waals surface area contributed by atoms with Crippen LogP contribution in [-0.4, -0.2) is 7.11 Å². The van der Waals surface area contributed by atoms with E-state index in [1.54, 1.807) is 32.2 Å². The molecule has 3 nitrogen and oxygen atoms in total. The monoisotopic (exact) mass is 275 g/mol. The lowest BCUT2D eigenvalue weighted by Crippen LogP contribution is -2.07. The van der Waals surface area contributed by atoms with Gasteiger partial charge in [-0.3, -0.25) is 0 Å². The van der Waals surface area contributed by atoms with Gasteiger partial charge in [0.05, 0.1) is 6.61 Å². The SMILES string of the molecule is COCc1cccc(Oc2c(F)cccc2C(C)N)c1. The smallest absolute Gasteiger partial charge is 0.167 e. The summed E-state index contributed by atoms with van der Waals surface area (Å²) in [6.45, 7) is 2.28. The number of methoxy groups -OCH3 is 1. The van der Waals surface area contributed by atoms with Gasteiger partial charge in [-0.15, -0.1) is 0 Å². The Bertz CT molecular complexity index is 584. The van der Waals surface area contributed by atoms with Gasteiger partial charge in [-0.25, -0.2) is 4.39 Å². The number of nitrogens with two attached hydrogens (primary N) is 1. The van der Waals surface area contributed by atoms with Gasteiger partial charge in [0, 0.05) is 18.7 Å². The lowest BCUT2D eigenvalue weighted by atomic mass is 10.1. The maximum absolute atomic E-state index is 13.9. The quantitative estimate of drug-likeness (QED) is 0.903. The van der Waals surface area contributed by atoms with E-state index in [2.05, 4.69) is 0 Å². The average molecular weight is 275 g/mol. The highest BCUT2D eigenvalue weighted by Crippen LogP contribution is 2.31. The van der Waals surface area contributed by atoms with Crippen LogP contribution in [0.4, 0.5) is 4.39 Å². The van der Waals surface area contributed by atoms with E-state index < -0.39 is 5.82 Å². The third kappa shape index (κ3) is 3.35. The number of rotatable bonds is 5. The lowest BCUT2D eigenvalue weighted by molar-refractivity contribution is 0.184. The summed E-state index contributed by atoms with van der Waals surface area (Å²) in [4.78, 5) is 0. The van der Waals surface area contributed by atoms with E-state index >= 15 is 0 Å². The minimum Gasteiger partial charge on any atom is -0.454 e. The van der Waals surface area contributed by atoms with Crippen LogP contribution < -0.4 is 10.5 Å². The molecule has 0 aliphatic rings. The van der Waals surface area contributed by atoms with Crippen molar-refractivity contribution in [2.75, 3.05) is 7.11 Å². The first-order valence-electron chi connectivity index (χ1n) is 6.41. The summed E-state index contributed by atoms with van der Waals surface area (Å²) < 4.78 is 24.7. The maximum Gasteiger partial charge on any atom is 0.167 e. The highest BCUT2D eigenvalue weighted by Gasteiger charge is 2.14. The van der Waals surface area contributed by atoms with Crippen molar-refractivity contribution in [3.8, 4) is 11.5 Å². The Balaban J connectivity index is 2.32. The number of para-hydroxylation sites is 1. The van der Waals surface area contributed by atoms with Gasteiger partial charge < -0.3 is 15.2 Å². The fraction of sp³-hybridized carbons (Fsp3) is 0.250. The largest absolute Gasteiger partial charge is 0.454 e. The van der Waals surface area contributed by atoms with E-state index in [9.17, 15) is 4.39 Å². The molecule has 106 valence electrons. The molecule has 1 atom stereocenters. The van der Waals surface area contributed by atoms with E-state index in [0.29, 0.717) is 17.9 Å². The molecule has 0 saturated carbocycles. The van der Waals surface area contributed by atoms with Crippen molar-refractivity contribution in [1.29, 1.82) is 0 Å². The molecule has 0 saturated heterocycles. The van der Waals surface area contributed by atoms with Crippen molar-refractivity contribution in [2.45, 2.75) is 19.6 Å². The summed E-state index contributed by atoms with van der Waals surface area (Å²) in [6, 6.07) is 11.8. The van der Waals surface area contributed by atoms with Gasteiger partial charge in [0.25, 0.3) is 0 Å². The fourth-order valence-corrected chi connectivity index (χ4v) is 1.98. The van der Waals surface area contributed by atoms with E-state index in [1.807, 2.05) is 18.2 Å². The molecular formula is C16H18FNO2. The van der Waals surface area contributed by atoms with Crippen LogP contribution in [0.1, 0.15) is 24.1 Å². The summed E-state index contributed by atoms with van der Waals surface area (Å²) in [7, 11) is 1.62. The lowest BCUT2D eigenvalue weighted by Gasteiger charge is -2.15. The first-order valence-corrected chi connectivity index (χ1v) is 6.41. The molecule has 0 aliphatic heterocycles. The number of benzene rings is 2. The topological polar surface area (TPSA) is 44.5 Å². The number of hydrogen-bond acceptors (Lipinski definition) is 3. The predicted octanol–water partition coefficient (Wildman–Crippen LogP) is 3.78. The second-order valence-corrected chi connectivity index (χ2v) is 4.63. The van der Waals surface area contributed by atoms with Gasteiger partial charge in [-0.1, -0.05) is 24.3 Å². The molecule has 0 aromatic heterocycles. The second-order valence-electron chi connectivity index (χ2n) is 4.63. The molecule has 0 aliphatic carbocycles. The summed E-state index contributed by atoms with van der Waals surface area (Å²) in [5, 5.41) is 0. The van der Waals surface area contributed by atoms with Crippen LogP contribution >= 0.6 is 0 Å². The summed E-state index contributed by atoms with van der Waals surface area (Å²) in [6.07, 6.45) is 0. The van der Waals surface area contributed by atoms with Gasteiger partial charge in [0.15, 0.2) is 11.6 Å². The maximum atomic E-state index is 13.9. The summed E-state index contributed by atoms with van der Waals surface area (Å²) >= 11 is 0. The normalized spacial score (nSPS) is 12.2. The molecule has 2 rings (SSSR count). The number of ether oxygens (including phenoxy) is 2. The van der Waals surface area contributed by atoms with Crippen molar-refractivity contribution < 1.29 is 13.9 Å². The Morgan fingerprint density at radius 2 is 1.95 bits per heavy atom. The number of halogens is 1. The van der Waals surface area contributed by atoms with Crippen molar-refractivity contribution >= 4 is 0 Å². The predicted molar refractivity (Wildman–Crippen MR) is 76.2 cm³/mol. The minimum absolute atomic E-state index is 0.178. The van der Waals surface area contributed by atoms with Crippen LogP contribution in [0.25, 0.3) is 0 Å². The molecule has 2 aromatic carbocycles. The van der Waals surface area contributed by atoms with Gasteiger partial charge in [-0.2, -0.15) is 0 Å². The van der Waals surface area contributed by atoms with Crippen molar-refractivity contribution in [2.24, 2.45) is 5.73 Å². The standard InChI is InChI=1S/C16H18FNO2/c1-11(18)14-7-4-8-15(17)16(14)20-13-6-3-5-12(9-13)10-19-2/h3-9,11H,10,18H2,1-2H3. The highest BCUT2D eigenvalue weighted by molar-refractivity contribution is 5.41. The zero-order valence-corrected chi connectivity index (χ0v) is 11.6. The molecule has 0 bridgehead atoms. The Morgan fingerprint density at radius 1 is 1.20 bits per heavy atom. The molecule has 0 radical (unpaired) electrons. The van der Waals surface area contributed by atoms with Crippen LogP contribution in [-0.2, 0) is 11.3 Å².